The highest BCUT2D eigenvalue weighted by atomic mass is 32.2. The second-order valence-corrected chi connectivity index (χ2v) is 9.12. The van der Waals surface area contributed by atoms with Gasteiger partial charge in [0.15, 0.2) is 0 Å². The summed E-state index contributed by atoms with van der Waals surface area (Å²) in [5.41, 5.74) is 3.20. The molecule has 158 valence electrons. The van der Waals surface area contributed by atoms with Gasteiger partial charge in [-0.25, -0.2) is 13.1 Å². The Balaban J connectivity index is 1.81. The van der Waals surface area contributed by atoms with Gasteiger partial charge < -0.3 is 4.74 Å². The lowest BCUT2D eigenvalue weighted by Crippen LogP contribution is -2.36. The van der Waals surface area contributed by atoms with Crippen LogP contribution in [0.15, 0.2) is 83.8 Å². The number of nitrogens with one attached hydrogen (secondary N) is 1. The number of sulfonamides is 1. The van der Waals surface area contributed by atoms with Crippen LogP contribution in [0.3, 0.4) is 0 Å². The lowest BCUT2D eigenvalue weighted by molar-refractivity contribution is 0.237. The summed E-state index contributed by atoms with van der Waals surface area (Å²) in [6.07, 6.45) is 0. The maximum atomic E-state index is 12.8. The highest BCUT2D eigenvalue weighted by molar-refractivity contribution is 7.89. The molecule has 0 aliphatic rings. The van der Waals surface area contributed by atoms with E-state index in [0.29, 0.717) is 6.54 Å². The molecule has 3 aromatic rings. The molecule has 6 heteroatoms. The third-order valence-corrected chi connectivity index (χ3v) is 6.54. The molecule has 0 unspecified atom stereocenters. The summed E-state index contributed by atoms with van der Waals surface area (Å²) in [5.74, 6) is 0.767. The van der Waals surface area contributed by atoms with Crippen molar-refractivity contribution >= 4 is 10.0 Å². The van der Waals surface area contributed by atoms with Gasteiger partial charge in [-0.05, 0) is 49.4 Å². The number of aryl methyl sites for hydroxylation is 1. The van der Waals surface area contributed by atoms with E-state index < -0.39 is 10.0 Å². The van der Waals surface area contributed by atoms with E-state index in [4.69, 9.17) is 4.74 Å². The summed E-state index contributed by atoms with van der Waals surface area (Å²) in [7, 11) is 0.0301. The summed E-state index contributed by atoms with van der Waals surface area (Å²) in [6, 6.07) is 24.6. The minimum absolute atomic E-state index is 0.142. The maximum Gasteiger partial charge on any atom is 0.240 e. The van der Waals surface area contributed by atoms with Crippen molar-refractivity contribution in [2.45, 2.75) is 24.4 Å². The Labute approximate surface area is 179 Å². The Morgan fingerprint density at radius 3 is 2.17 bits per heavy atom. The summed E-state index contributed by atoms with van der Waals surface area (Å²) >= 11 is 0. The minimum Gasteiger partial charge on any atom is -0.497 e. The van der Waals surface area contributed by atoms with E-state index in [9.17, 15) is 8.42 Å². The number of hydrogen-bond acceptors (Lipinski definition) is 4. The van der Waals surface area contributed by atoms with Crippen LogP contribution in [0.2, 0.25) is 0 Å². The fraction of sp³-hybridized carbons (Fsp3) is 0.250. The smallest absolute Gasteiger partial charge is 0.240 e. The molecule has 0 aromatic heterocycles. The predicted molar refractivity (Wildman–Crippen MR) is 120 cm³/mol. The maximum absolute atomic E-state index is 12.8. The van der Waals surface area contributed by atoms with Crippen LogP contribution < -0.4 is 9.46 Å². The first-order valence-corrected chi connectivity index (χ1v) is 11.3. The van der Waals surface area contributed by atoms with Crippen LogP contribution in [0, 0.1) is 6.92 Å². The van der Waals surface area contributed by atoms with Gasteiger partial charge in [-0.3, -0.25) is 4.90 Å². The van der Waals surface area contributed by atoms with Crippen LogP contribution in [-0.4, -0.2) is 34.0 Å². The lowest BCUT2D eigenvalue weighted by Gasteiger charge is -2.29. The predicted octanol–water partition coefficient (Wildman–Crippen LogP) is 4.16. The molecule has 0 saturated heterocycles. The van der Waals surface area contributed by atoms with Gasteiger partial charge >= 0.3 is 0 Å². The van der Waals surface area contributed by atoms with Crippen LogP contribution in [-0.2, 0) is 16.6 Å². The summed E-state index contributed by atoms with van der Waals surface area (Å²) in [5, 5.41) is 0. The molecular weight excluding hydrogens is 396 g/mol. The molecule has 0 fully saturated rings. The Kier molecular flexibility index (Phi) is 7.26. The van der Waals surface area contributed by atoms with Crippen molar-refractivity contribution < 1.29 is 13.2 Å². The minimum atomic E-state index is -3.60. The summed E-state index contributed by atoms with van der Waals surface area (Å²) in [4.78, 5) is 2.42. The molecule has 0 aliphatic heterocycles. The van der Waals surface area contributed by atoms with Gasteiger partial charge in [0, 0.05) is 19.1 Å². The van der Waals surface area contributed by atoms with E-state index in [0.717, 1.165) is 16.9 Å². The van der Waals surface area contributed by atoms with Gasteiger partial charge in [-0.1, -0.05) is 60.2 Å². The number of methoxy groups -OCH3 is 1. The highest BCUT2D eigenvalue weighted by Crippen LogP contribution is 2.24. The number of ether oxygens (including phenoxy) is 1. The van der Waals surface area contributed by atoms with Crippen molar-refractivity contribution in [3.63, 3.8) is 0 Å². The Morgan fingerprint density at radius 1 is 0.933 bits per heavy atom. The van der Waals surface area contributed by atoms with Gasteiger partial charge in [0.1, 0.15) is 5.75 Å². The second kappa shape index (κ2) is 9.89. The molecule has 1 atom stereocenters. The molecule has 0 amide bonds. The Morgan fingerprint density at radius 2 is 1.57 bits per heavy atom. The third kappa shape index (κ3) is 5.69. The van der Waals surface area contributed by atoms with Crippen LogP contribution in [0.1, 0.15) is 22.7 Å². The monoisotopic (exact) mass is 424 g/mol. The summed E-state index contributed by atoms with van der Waals surface area (Å²) < 4.78 is 33.7. The number of rotatable bonds is 9. The molecule has 0 heterocycles. The molecule has 0 spiro atoms. The van der Waals surface area contributed by atoms with Crippen molar-refractivity contribution in [1.29, 1.82) is 0 Å². The van der Waals surface area contributed by atoms with E-state index in [2.05, 4.69) is 21.8 Å². The van der Waals surface area contributed by atoms with E-state index in [1.807, 2.05) is 56.4 Å². The molecule has 0 aliphatic carbocycles. The van der Waals surface area contributed by atoms with Crippen molar-refractivity contribution in [3.05, 3.63) is 95.6 Å². The van der Waals surface area contributed by atoms with Crippen molar-refractivity contribution in [2.24, 2.45) is 0 Å². The molecule has 3 aromatic carbocycles. The van der Waals surface area contributed by atoms with Crippen LogP contribution in [0.5, 0.6) is 5.75 Å². The average Bonchev–Trinajstić information content (AvgIpc) is 2.75. The number of benzene rings is 3. The molecule has 3 rings (SSSR count). The lowest BCUT2D eigenvalue weighted by atomic mass is 10.0. The molecule has 1 N–H and O–H groups in total. The summed E-state index contributed by atoms with van der Waals surface area (Å²) in [6.45, 7) is 2.89. The van der Waals surface area contributed by atoms with Gasteiger partial charge in [0.2, 0.25) is 10.0 Å². The SMILES string of the molecule is COc1ccc([C@@H](CNS(=O)(=O)c2ccc(C)cc2)N(C)Cc2ccccc2)cc1. The molecule has 5 nitrogen and oxygen atoms in total. The van der Waals surface area contributed by atoms with Crippen molar-refractivity contribution in [1.82, 2.24) is 9.62 Å². The molecule has 0 saturated carbocycles. The van der Waals surface area contributed by atoms with Gasteiger partial charge in [0.25, 0.3) is 0 Å². The van der Waals surface area contributed by atoms with Crippen LogP contribution in [0.25, 0.3) is 0 Å². The van der Waals surface area contributed by atoms with E-state index >= 15 is 0 Å². The van der Waals surface area contributed by atoms with E-state index in [1.165, 1.54) is 5.56 Å². The molecule has 0 radical (unpaired) electrons. The number of nitrogens with zero attached hydrogens (tertiary/aromatic N) is 1. The number of likely N-dealkylation sites (N-methyl/N-ethyl adjacent to an activating group) is 1. The zero-order valence-electron chi connectivity index (χ0n) is 17.6. The largest absolute Gasteiger partial charge is 0.497 e. The van der Waals surface area contributed by atoms with Gasteiger partial charge in [0.05, 0.1) is 12.0 Å². The Hall–Kier alpha value is -2.67. The molecule has 30 heavy (non-hydrogen) atoms. The van der Waals surface area contributed by atoms with E-state index in [1.54, 1.807) is 31.4 Å². The Bertz CT molecular complexity index is 1030. The average molecular weight is 425 g/mol. The fourth-order valence-corrected chi connectivity index (χ4v) is 4.36. The zero-order valence-corrected chi connectivity index (χ0v) is 18.4. The normalized spacial score (nSPS) is 12.7. The van der Waals surface area contributed by atoms with Gasteiger partial charge in [-0.15, -0.1) is 0 Å². The van der Waals surface area contributed by atoms with Crippen LogP contribution >= 0.6 is 0 Å². The topological polar surface area (TPSA) is 58.6 Å². The van der Waals surface area contributed by atoms with Crippen molar-refractivity contribution in [3.8, 4) is 5.75 Å². The quantitative estimate of drug-likeness (QED) is 0.561. The second-order valence-electron chi connectivity index (χ2n) is 7.35. The fourth-order valence-electron chi connectivity index (χ4n) is 3.33. The first-order chi connectivity index (χ1) is 14.4. The molecular formula is C24H28N2O3S. The zero-order chi connectivity index (χ0) is 21.6. The third-order valence-electron chi connectivity index (χ3n) is 5.11. The molecule has 0 bridgehead atoms. The standard InChI is InChI=1S/C24H28N2O3S/c1-19-9-15-23(16-10-19)30(27,28)25-17-24(21-11-13-22(29-3)14-12-21)26(2)18-20-7-5-4-6-8-20/h4-16,24-25H,17-18H2,1-3H3/t24-/m1/s1. The van der Waals surface area contributed by atoms with Crippen LogP contribution in [0.4, 0.5) is 0 Å². The highest BCUT2D eigenvalue weighted by Gasteiger charge is 2.22. The van der Waals surface area contributed by atoms with Crippen molar-refractivity contribution in [2.75, 3.05) is 20.7 Å². The first-order valence-electron chi connectivity index (χ1n) is 9.83. The van der Waals surface area contributed by atoms with E-state index in [-0.39, 0.29) is 17.5 Å². The number of hydrogen-bond donors (Lipinski definition) is 1. The van der Waals surface area contributed by atoms with Gasteiger partial charge in [-0.2, -0.15) is 0 Å². The first kappa shape index (κ1) is 22.0.